The number of carbonyl (C=O) groups excluding carboxylic acids is 3. The molecule has 0 saturated heterocycles. The summed E-state index contributed by atoms with van der Waals surface area (Å²) in [4.78, 5) is 45.4. The van der Waals surface area contributed by atoms with Gasteiger partial charge in [0.25, 0.3) is 0 Å². The number of esters is 2. The highest BCUT2D eigenvalue weighted by Gasteiger charge is 2.34. The molecule has 0 aromatic rings. The van der Waals surface area contributed by atoms with Gasteiger partial charge in [0.1, 0.15) is 12.0 Å². The van der Waals surface area contributed by atoms with Crippen LogP contribution in [0.15, 0.2) is 0 Å². The number of carboxylic acid groups (broad SMARTS) is 1. The number of nitrogens with two attached hydrogens (primary N) is 2. The number of ether oxygens (including phenoxy) is 2. The molecule has 0 spiro atoms. The first-order chi connectivity index (χ1) is 9.74. The monoisotopic (exact) mass is 304 g/mol. The molecule has 21 heavy (non-hydrogen) atoms. The van der Waals surface area contributed by atoms with E-state index in [0.29, 0.717) is 0 Å². The molecule has 0 heterocycles. The number of Topliss-reactive ketones (excluding diaryl/α,β-unsaturated/α-hetero) is 1. The molecule has 0 aliphatic rings. The van der Waals surface area contributed by atoms with Crippen LogP contribution in [0.25, 0.3) is 0 Å². The molecule has 0 aromatic carbocycles. The second-order valence-electron chi connectivity index (χ2n) is 4.38. The van der Waals surface area contributed by atoms with E-state index in [0.717, 1.165) is 14.2 Å². The SMILES string of the molecule is COC(=O)C(C[C@H](N)C(=O)OC)C(=O)[C@@H](N)CCC(=O)O. The summed E-state index contributed by atoms with van der Waals surface area (Å²) in [5, 5.41) is 8.55. The minimum Gasteiger partial charge on any atom is -0.481 e. The Bertz CT molecular complexity index is 410. The molecule has 1 unspecified atom stereocenters. The molecule has 0 aromatic heterocycles. The predicted molar refractivity (Wildman–Crippen MR) is 70.0 cm³/mol. The van der Waals surface area contributed by atoms with Gasteiger partial charge < -0.3 is 26.0 Å². The van der Waals surface area contributed by atoms with Crippen LogP contribution in [0.1, 0.15) is 19.3 Å². The molecule has 0 aliphatic carbocycles. The van der Waals surface area contributed by atoms with Gasteiger partial charge in [-0.1, -0.05) is 0 Å². The van der Waals surface area contributed by atoms with Crippen molar-refractivity contribution in [2.75, 3.05) is 14.2 Å². The van der Waals surface area contributed by atoms with Crippen molar-refractivity contribution in [1.82, 2.24) is 0 Å². The van der Waals surface area contributed by atoms with Crippen molar-refractivity contribution in [3.63, 3.8) is 0 Å². The van der Waals surface area contributed by atoms with Gasteiger partial charge >= 0.3 is 17.9 Å². The third-order valence-electron chi connectivity index (χ3n) is 2.86. The first kappa shape index (κ1) is 19.0. The average molecular weight is 304 g/mol. The number of aliphatic carboxylic acids is 1. The second-order valence-corrected chi connectivity index (χ2v) is 4.38. The fourth-order valence-electron chi connectivity index (χ4n) is 1.65. The molecule has 0 amide bonds. The highest BCUT2D eigenvalue weighted by Crippen LogP contribution is 2.14. The molecule has 5 N–H and O–H groups in total. The Morgan fingerprint density at radius 2 is 1.52 bits per heavy atom. The number of rotatable bonds is 9. The summed E-state index contributed by atoms with van der Waals surface area (Å²) < 4.78 is 8.89. The Kier molecular flexibility index (Phi) is 8.17. The van der Waals surface area contributed by atoms with Crippen LogP contribution in [0.4, 0.5) is 0 Å². The second kappa shape index (κ2) is 9.03. The molecule has 9 nitrogen and oxygen atoms in total. The fourth-order valence-corrected chi connectivity index (χ4v) is 1.65. The van der Waals surface area contributed by atoms with Gasteiger partial charge in [-0.15, -0.1) is 0 Å². The molecule has 0 bridgehead atoms. The summed E-state index contributed by atoms with van der Waals surface area (Å²) in [5.74, 6) is -4.84. The Hall–Kier alpha value is -2.00. The number of hydrogen-bond donors (Lipinski definition) is 3. The lowest BCUT2D eigenvalue weighted by atomic mass is 9.90. The van der Waals surface area contributed by atoms with Crippen LogP contribution in [0.5, 0.6) is 0 Å². The summed E-state index contributed by atoms with van der Waals surface area (Å²) in [6.07, 6.45) is -0.766. The summed E-state index contributed by atoms with van der Waals surface area (Å²) in [6, 6.07) is -2.34. The van der Waals surface area contributed by atoms with Gasteiger partial charge in [0.15, 0.2) is 5.78 Å². The number of ketones is 1. The summed E-state index contributed by atoms with van der Waals surface area (Å²) in [6.45, 7) is 0. The molecular weight excluding hydrogens is 284 g/mol. The summed E-state index contributed by atoms with van der Waals surface area (Å²) in [7, 11) is 2.20. The quantitative estimate of drug-likeness (QED) is 0.337. The van der Waals surface area contributed by atoms with Gasteiger partial charge in [-0.05, 0) is 12.8 Å². The first-order valence-corrected chi connectivity index (χ1v) is 6.16. The Balaban J connectivity index is 4.89. The van der Waals surface area contributed by atoms with Gasteiger partial charge in [-0.2, -0.15) is 0 Å². The van der Waals surface area contributed by atoms with Crippen LogP contribution < -0.4 is 11.5 Å². The van der Waals surface area contributed by atoms with E-state index in [1.165, 1.54) is 0 Å². The van der Waals surface area contributed by atoms with Crippen molar-refractivity contribution in [2.45, 2.75) is 31.3 Å². The minimum atomic E-state index is -1.34. The van der Waals surface area contributed by atoms with Crippen molar-refractivity contribution < 1.29 is 33.8 Å². The molecule has 0 aliphatic heterocycles. The van der Waals surface area contributed by atoms with E-state index in [4.69, 9.17) is 16.6 Å². The first-order valence-electron chi connectivity index (χ1n) is 6.16. The van der Waals surface area contributed by atoms with Crippen molar-refractivity contribution >= 4 is 23.7 Å². The zero-order chi connectivity index (χ0) is 16.6. The maximum absolute atomic E-state index is 12.1. The van der Waals surface area contributed by atoms with Gasteiger partial charge in [-0.3, -0.25) is 19.2 Å². The zero-order valence-electron chi connectivity index (χ0n) is 11.9. The minimum absolute atomic E-state index is 0.130. The van der Waals surface area contributed by atoms with Gasteiger partial charge in [0, 0.05) is 6.42 Å². The van der Waals surface area contributed by atoms with Gasteiger partial charge in [0.2, 0.25) is 0 Å². The molecule has 120 valence electrons. The maximum Gasteiger partial charge on any atom is 0.322 e. The summed E-state index contributed by atoms with van der Waals surface area (Å²) >= 11 is 0. The molecule has 0 radical (unpaired) electrons. The fraction of sp³-hybridized carbons (Fsp3) is 0.667. The van der Waals surface area contributed by atoms with Gasteiger partial charge in [0.05, 0.1) is 20.3 Å². The van der Waals surface area contributed by atoms with Crippen LogP contribution in [0.2, 0.25) is 0 Å². The van der Waals surface area contributed by atoms with Crippen LogP contribution in [-0.2, 0) is 28.7 Å². The van der Waals surface area contributed by atoms with E-state index in [1.807, 2.05) is 0 Å². The third-order valence-corrected chi connectivity index (χ3v) is 2.86. The Labute approximate surface area is 121 Å². The normalized spacial score (nSPS) is 14.7. The third kappa shape index (κ3) is 6.32. The highest BCUT2D eigenvalue weighted by molar-refractivity contribution is 6.02. The Morgan fingerprint density at radius 1 is 1.00 bits per heavy atom. The van der Waals surface area contributed by atoms with Crippen LogP contribution in [-0.4, -0.2) is 55.1 Å². The lowest BCUT2D eigenvalue weighted by molar-refractivity contribution is -0.151. The number of methoxy groups -OCH3 is 2. The predicted octanol–water partition coefficient (Wildman–Crippen LogP) is -1.57. The summed E-state index contributed by atoms with van der Waals surface area (Å²) in [5.41, 5.74) is 11.1. The van der Waals surface area contributed by atoms with Crippen LogP contribution in [0.3, 0.4) is 0 Å². The maximum atomic E-state index is 12.1. The van der Waals surface area contributed by atoms with Crippen LogP contribution in [0, 0.1) is 5.92 Å². The lowest BCUT2D eigenvalue weighted by Gasteiger charge is -2.19. The number of hydrogen-bond acceptors (Lipinski definition) is 8. The van der Waals surface area contributed by atoms with E-state index in [-0.39, 0.29) is 19.3 Å². The molecular formula is C12H20N2O7. The van der Waals surface area contributed by atoms with E-state index >= 15 is 0 Å². The largest absolute Gasteiger partial charge is 0.481 e. The van der Waals surface area contributed by atoms with E-state index < -0.39 is 41.7 Å². The van der Waals surface area contributed by atoms with E-state index in [1.54, 1.807) is 0 Å². The number of carbonyl (C=O) groups is 4. The lowest BCUT2D eigenvalue weighted by Crippen LogP contribution is -2.44. The van der Waals surface area contributed by atoms with E-state index in [9.17, 15) is 19.2 Å². The highest BCUT2D eigenvalue weighted by atomic mass is 16.5. The molecule has 0 rings (SSSR count). The van der Waals surface area contributed by atoms with Crippen LogP contribution >= 0.6 is 0 Å². The van der Waals surface area contributed by atoms with Crippen molar-refractivity contribution in [3.05, 3.63) is 0 Å². The van der Waals surface area contributed by atoms with E-state index in [2.05, 4.69) is 9.47 Å². The standard InChI is InChI=1S/C12H20N2O7/c1-20-11(18)6(5-8(14)12(19)21-2)10(17)7(13)3-4-9(15)16/h6-8H,3-5,13-14H2,1-2H3,(H,15,16)/t6?,7-,8-/m0/s1. The van der Waals surface area contributed by atoms with Gasteiger partial charge in [-0.25, -0.2) is 0 Å². The molecule has 0 saturated carbocycles. The average Bonchev–Trinajstić information content (AvgIpc) is 2.47. The molecule has 3 atom stereocenters. The molecule has 0 fully saturated rings. The van der Waals surface area contributed by atoms with Crippen molar-refractivity contribution in [3.8, 4) is 0 Å². The van der Waals surface area contributed by atoms with Crippen molar-refractivity contribution in [1.29, 1.82) is 0 Å². The molecule has 9 heteroatoms. The smallest absolute Gasteiger partial charge is 0.322 e. The zero-order valence-corrected chi connectivity index (χ0v) is 11.9. The Morgan fingerprint density at radius 3 is 1.95 bits per heavy atom. The number of carboxylic acids is 1. The topological polar surface area (TPSA) is 159 Å². The van der Waals surface area contributed by atoms with Crippen molar-refractivity contribution in [2.24, 2.45) is 17.4 Å².